The fourth-order valence-electron chi connectivity index (χ4n) is 6.74. The summed E-state index contributed by atoms with van der Waals surface area (Å²) in [5, 5.41) is 5.79. The molecule has 0 aliphatic carbocycles. The number of carbonyl (C=O) groups excluding carboxylic acids is 4. The van der Waals surface area contributed by atoms with Crippen LogP contribution in [0.1, 0.15) is 96.1 Å². The lowest BCUT2D eigenvalue weighted by molar-refractivity contribution is -0.164. The first-order valence-electron chi connectivity index (χ1n) is 18.1. The van der Waals surface area contributed by atoms with Crippen molar-refractivity contribution in [3.63, 3.8) is 0 Å². The van der Waals surface area contributed by atoms with Crippen LogP contribution in [0.15, 0.2) is 60.7 Å². The van der Waals surface area contributed by atoms with E-state index < -0.39 is 23.3 Å². The summed E-state index contributed by atoms with van der Waals surface area (Å²) < 4.78 is 10.8. The minimum atomic E-state index is -0.966. The number of nitrogens with zero attached hydrogens (tertiary/aromatic N) is 2. The van der Waals surface area contributed by atoms with Gasteiger partial charge in [0.25, 0.3) is 0 Å². The predicted molar refractivity (Wildman–Crippen MR) is 190 cm³/mol. The number of alkyl carbamates (subject to hydrolysis) is 1. The summed E-state index contributed by atoms with van der Waals surface area (Å²) in [5.74, 6) is -0.664. The molecule has 0 bridgehead atoms. The number of carbonyl (C=O) groups is 4. The lowest BCUT2D eigenvalue weighted by atomic mass is 9.81. The average molecular weight is 677 g/mol. The molecule has 4 rings (SSSR count). The Balaban J connectivity index is 1.24. The summed E-state index contributed by atoms with van der Waals surface area (Å²) in [6.07, 6.45) is 8.08. The second-order valence-electron chi connectivity index (χ2n) is 14.4. The molecule has 0 radical (unpaired) electrons. The Labute approximate surface area is 292 Å². The van der Waals surface area contributed by atoms with Crippen LogP contribution in [0.3, 0.4) is 0 Å². The van der Waals surface area contributed by atoms with Crippen LogP contribution in [-0.4, -0.2) is 83.6 Å². The molecule has 2 aliphatic heterocycles. The van der Waals surface area contributed by atoms with Crippen LogP contribution in [0.4, 0.5) is 4.79 Å². The number of hydrogen-bond acceptors (Lipinski definition) is 7. The molecule has 10 heteroatoms. The molecule has 2 fully saturated rings. The number of piperazine rings is 1. The Morgan fingerprint density at radius 1 is 0.857 bits per heavy atom. The fraction of sp³-hybridized carbons (Fsp3) is 0.590. The van der Waals surface area contributed by atoms with E-state index in [4.69, 9.17) is 9.47 Å². The first-order valence-corrected chi connectivity index (χ1v) is 18.1. The van der Waals surface area contributed by atoms with Crippen molar-refractivity contribution in [2.45, 2.75) is 115 Å². The van der Waals surface area contributed by atoms with Gasteiger partial charge in [0.15, 0.2) is 0 Å². The average Bonchev–Trinajstić information content (AvgIpc) is 3.08. The summed E-state index contributed by atoms with van der Waals surface area (Å²) >= 11 is 0. The number of ether oxygens (including phenoxy) is 2. The van der Waals surface area contributed by atoms with Crippen LogP contribution in [0.5, 0.6) is 0 Å². The molecule has 0 aromatic heterocycles. The molecule has 10 nitrogen and oxygen atoms in total. The van der Waals surface area contributed by atoms with Crippen molar-refractivity contribution in [3.8, 4) is 0 Å². The first-order chi connectivity index (χ1) is 23.6. The standard InChI is InChI=1S/C39H56N4O6/c1-38(2,3)49-34(44)22-27-43-35(45)33(21-13-14-25-40-37(47)48-30-32-19-11-7-12-20-32)41-36(46)39(43)23-28-42(29-24-39)26-15-5-4-8-16-31-17-9-6-10-18-31/h6-7,9-12,17-20,33H,4-5,8,13-16,21-30H2,1-3H3,(H,40,47)(H,41,46). The molecule has 2 aliphatic rings. The predicted octanol–water partition coefficient (Wildman–Crippen LogP) is 5.78. The van der Waals surface area contributed by atoms with E-state index in [2.05, 4.69) is 45.9 Å². The largest absolute Gasteiger partial charge is 0.460 e. The maximum atomic E-state index is 13.9. The normalized spacial score (nSPS) is 17.9. The van der Waals surface area contributed by atoms with E-state index in [1.807, 2.05) is 51.1 Å². The van der Waals surface area contributed by atoms with Crippen molar-refractivity contribution in [2.24, 2.45) is 0 Å². The van der Waals surface area contributed by atoms with Gasteiger partial charge in [-0.3, -0.25) is 14.4 Å². The SMILES string of the molecule is CC(C)(C)OC(=O)CCN1C(=O)C(CCCCNC(=O)OCc2ccccc2)NC(=O)C12CCN(CCCCCCc1ccccc1)CC2. The van der Waals surface area contributed by atoms with E-state index in [-0.39, 0.29) is 37.4 Å². The van der Waals surface area contributed by atoms with Crippen LogP contribution in [-0.2, 0) is 36.9 Å². The number of benzene rings is 2. The van der Waals surface area contributed by atoms with Crippen molar-refractivity contribution in [3.05, 3.63) is 71.8 Å². The van der Waals surface area contributed by atoms with E-state index in [0.29, 0.717) is 38.6 Å². The van der Waals surface area contributed by atoms with Crippen molar-refractivity contribution >= 4 is 23.9 Å². The Morgan fingerprint density at radius 3 is 2.18 bits per heavy atom. The van der Waals surface area contributed by atoms with Gasteiger partial charge in [-0.2, -0.15) is 0 Å². The third kappa shape index (κ3) is 12.2. The van der Waals surface area contributed by atoms with Gasteiger partial charge in [-0.15, -0.1) is 0 Å². The monoisotopic (exact) mass is 676 g/mol. The number of piperidine rings is 1. The highest BCUT2D eigenvalue weighted by Crippen LogP contribution is 2.34. The van der Waals surface area contributed by atoms with Crippen molar-refractivity contribution < 1.29 is 28.7 Å². The number of hydrogen-bond donors (Lipinski definition) is 2. The van der Waals surface area contributed by atoms with Gasteiger partial charge in [-0.05, 0) is 89.8 Å². The van der Waals surface area contributed by atoms with Gasteiger partial charge < -0.3 is 29.9 Å². The van der Waals surface area contributed by atoms with Crippen LogP contribution in [0, 0.1) is 0 Å². The summed E-state index contributed by atoms with van der Waals surface area (Å²) in [6.45, 7) is 8.63. The molecule has 1 unspecified atom stereocenters. The molecule has 1 spiro atoms. The van der Waals surface area contributed by atoms with Gasteiger partial charge in [0.05, 0.1) is 6.42 Å². The summed E-state index contributed by atoms with van der Waals surface area (Å²) in [7, 11) is 0. The van der Waals surface area contributed by atoms with Crippen LogP contribution >= 0.6 is 0 Å². The molecular formula is C39H56N4O6. The quantitative estimate of drug-likeness (QED) is 0.161. The highest BCUT2D eigenvalue weighted by molar-refractivity contribution is 6.00. The van der Waals surface area contributed by atoms with Crippen molar-refractivity contribution in [2.75, 3.05) is 32.7 Å². The van der Waals surface area contributed by atoms with Gasteiger partial charge in [-0.25, -0.2) is 4.79 Å². The van der Waals surface area contributed by atoms with E-state index in [1.165, 1.54) is 24.8 Å². The smallest absolute Gasteiger partial charge is 0.407 e. The third-order valence-corrected chi connectivity index (χ3v) is 9.39. The minimum absolute atomic E-state index is 0.0342. The number of likely N-dealkylation sites (tertiary alicyclic amines) is 1. The zero-order valence-corrected chi connectivity index (χ0v) is 29.7. The van der Waals surface area contributed by atoms with Gasteiger partial charge >= 0.3 is 12.1 Å². The van der Waals surface area contributed by atoms with Gasteiger partial charge in [-0.1, -0.05) is 73.5 Å². The molecule has 0 saturated carbocycles. The Bertz CT molecular complexity index is 1340. The van der Waals surface area contributed by atoms with Crippen LogP contribution in [0.2, 0.25) is 0 Å². The molecule has 2 heterocycles. The summed E-state index contributed by atoms with van der Waals surface area (Å²) in [5.41, 5.74) is 0.701. The highest BCUT2D eigenvalue weighted by Gasteiger charge is 2.53. The van der Waals surface area contributed by atoms with Crippen LogP contribution in [0.25, 0.3) is 0 Å². The third-order valence-electron chi connectivity index (χ3n) is 9.39. The van der Waals surface area contributed by atoms with E-state index in [1.54, 1.807) is 4.90 Å². The Hall–Kier alpha value is -3.92. The zero-order valence-electron chi connectivity index (χ0n) is 29.7. The number of nitrogens with one attached hydrogen (secondary N) is 2. The molecule has 2 aromatic carbocycles. The molecular weight excluding hydrogens is 620 g/mol. The van der Waals surface area contributed by atoms with Gasteiger partial charge in [0, 0.05) is 26.2 Å². The molecule has 2 N–H and O–H groups in total. The number of aryl methyl sites for hydroxylation is 1. The van der Waals surface area contributed by atoms with Gasteiger partial charge in [0.2, 0.25) is 11.8 Å². The maximum Gasteiger partial charge on any atom is 0.407 e. The second kappa shape index (κ2) is 18.7. The number of rotatable bonds is 17. The van der Waals surface area contributed by atoms with Gasteiger partial charge in [0.1, 0.15) is 23.8 Å². The zero-order chi connectivity index (χ0) is 35.1. The van der Waals surface area contributed by atoms with E-state index >= 15 is 0 Å². The Morgan fingerprint density at radius 2 is 1.51 bits per heavy atom. The summed E-state index contributed by atoms with van der Waals surface area (Å²) in [6, 6.07) is 19.4. The molecule has 2 aromatic rings. The first kappa shape index (κ1) is 37.9. The number of unbranched alkanes of at least 4 members (excludes halogenated alkanes) is 4. The Kier molecular flexibility index (Phi) is 14.5. The lowest BCUT2D eigenvalue weighted by Crippen LogP contribution is -2.73. The molecule has 1 atom stereocenters. The maximum absolute atomic E-state index is 13.9. The molecule has 2 saturated heterocycles. The topological polar surface area (TPSA) is 117 Å². The molecule has 268 valence electrons. The lowest BCUT2D eigenvalue weighted by Gasteiger charge is -2.51. The van der Waals surface area contributed by atoms with Crippen molar-refractivity contribution in [1.29, 1.82) is 0 Å². The van der Waals surface area contributed by atoms with Crippen molar-refractivity contribution in [1.82, 2.24) is 20.4 Å². The molecule has 3 amide bonds. The van der Waals surface area contributed by atoms with E-state index in [0.717, 1.165) is 38.0 Å². The number of esters is 1. The van der Waals surface area contributed by atoms with E-state index in [9.17, 15) is 19.2 Å². The molecule has 49 heavy (non-hydrogen) atoms. The summed E-state index contributed by atoms with van der Waals surface area (Å²) in [4.78, 5) is 56.6. The fourth-order valence-corrected chi connectivity index (χ4v) is 6.74. The minimum Gasteiger partial charge on any atom is -0.460 e. The highest BCUT2D eigenvalue weighted by atomic mass is 16.6. The number of amides is 3. The van der Waals surface area contributed by atoms with Crippen LogP contribution < -0.4 is 10.6 Å². The second-order valence-corrected chi connectivity index (χ2v) is 14.4.